The first-order chi connectivity index (χ1) is 8.29. The van der Waals surface area contributed by atoms with Gasteiger partial charge in [-0.05, 0) is 30.5 Å². The summed E-state index contributed by atoms with van der Waals surface area (Å²) in [6.07, 6.45) is 2.86. The molecular formula is C14H17NO2. The number of amides is 1. The van der Waals surface area contributed by atoms with Crippen LogP contribution in [-0.4, -0.2) is 30.5 Å². The number of benzene rings is 1. The predicted molar refractivity (Wildman–Crippen MR) is 65.1 cm³/mol. The maximum absolute atomic E-state index is 11.6. The van der Waals surface area contributed by atoms with Crippen LogP contribution in [0.1, 0.15) is 30.7 Å². The summed E-state index contributed by atoms with van der Waals surface area (Å²) in [6, 6.07) is 8.73. The topological polar surface area (TPSA) is 29.5 Å². The zero-order valence-corrected chi connectivity index (χ0v) is 10.1. The van der Waals surface area contributed by atoms with Gasteiger partial charge in [-0.15, -0.1) is 0 Å². The van der Waals surface area contributed by atoms with Gasteiger partial charge < -0.3 is 9.64 Å². The van der Waals surface area contributed by atoms with Crippen molar-refractivity contribution in [3.63, 3.8) is 0 Å². The monoisotopic (exact) mass is 231 g/mol. The lowest BCUT2D eigenvalue weighted by molar-refractivity contribution is -0.127. The average Bonchev–Trinajstić information content (AvgIpc) is 2.93. The Bertz CT molecular complexity index is 426. The molecule has 1 aromatic rings. The highest BCUT2D eigenvalue weighted by atomic mass is 16.5. The Hall–Kier alpha value is -1.51. The Balaban J connectivity index is 1.82. The Morgan fingerprint density at radius 1 is 1.24 bits per heavy atom. The minimum Gasteiger partial charge on any atom is -0.497 e. The zero-order chi connectivity index (χ0) is 11.8. The quantitative estimate of drug-likeness (QED) is 0.780. The van der Waals surface area contributed by atoms with Gasteiger partial charge in [0.05, 0.1) is 7.11 Å². The molecule has 17 heavy (non-hydrogen) atoms. The van der Waals surface area contributed by atoms with Crippen molar-refractivity contribution < 1.29 is 9.53 Å². The summed E-state index contributed by atoms with van der Waals surface area (Å²) in [4.78, 5) is 13.7. The van der Waals surface area contributed by atoms with E-state index in [0.717, 1.165) is 31.6 Å². The Morgan fingerprint density at radius 2 is 2.00 bits per heavy atom. The van der Waals surface area contributed by atoms with Crippen molar-refractivity contribution in [1.82, 2.24) is 4.90 Å². The van der Waals surface area contributed by atoms with E-state index in [1.54, 1.807) is 7.11 Å². The molecule has 2 atom stereocenters. The van der Waals surface area contributed by atoms with Gasteiger partial charge in [0.25, 0.3) is 0 Å². The third kappa shape index (κ3) is 1.70. The highest BCUT2D eigenvalue weighted by molar-refractivity contribution is 5.79. The maximum Gasteiger partial charge on any atom is 0.222 e. The highest BCUT2D eigenvalue weighted by Crippen LogP contribution is 2.40. The summed E-state index contributed by atoms with van der Waals surface area (Å²) in [7, 11) is 1.68. The number of hydrogen-bond acceptors (Lipinski definition) is 2. The Labute approximate surface area is 101 Å². The molecule has 1 aromatic carbocycles. The summed E-state index contributed by atoms with van der Waals surface area (Å²) >= 11 is 0. The second-order valence-electron chi connectivity index (χ2n) is 4.86. The van der Waals surface area contributed by atoms with E-state index >= 15 is 0 Å². The van der Waals surface area contributed by atoms with E-state index in [-0.39, 0.29) is 0 Å². The molecule has 0 unspecified atom stereocenters. The summed E-state index contributed by atoms with van der Waals surface area (Å²) in [6.45, 7) is 0.931. The lowest BCUT2D eigenvalue weighted by Gasteiger charge is -2.20. The number of methoxy groups -OCH3 is 1. The van der Waals surface area contributed by atoms with Crippen molar-refractivity contribution in [2.24, 2.45) is 0 Å². The van der Waals surface area contributed by atoms with Crippen LogP contribution < -0.4 is 4.74 Å². The van der Waals surface area contributed by atoms with E-state index in [4.69, 9.17) is 4.74 Å². The second-order valence-corrected chi connectivity index (χ2v) is 4.86. The van der Waals surface area contributed by atoms with Gasteiger partial charge in [-0.3, -0.25) is 4.79 Å². The van der Waals surface area contributed by atoms with Crippen LogP contribution in [0.15, 0.2) is 24.3 Å². The van der Waals surface area contributed by atoms with E-state index in [1.165, 1.54) is 5.56 Å². The molecule has 0 aromatic heterocycles. The summed E-state index contributed by atoms with van der Waals surface area (Å²) in [5, 5.41) is 0. The molecule has 3 rings (SSSR count). The number of hydrogen-bond donors (Lipinski definition) is 0. The number of nitrogens with zero attached hydrogens (tertiary/aromatic N) is 1. The van der Waals surface area contributed by atoms with E-state index in [0.29, 0.717) is 17.9 Å². The Morgan fingerprint density at radius 3 is 2.71 bits per heavy atom. The number of carbonyl (C=O) groups excluding carboxylic acids is 1. The Kier molecular flexibility index (Phi) is 2.54. The normalized spacial score (nSPS) is 27.4. The molecule has 0 N–H and O–H groups in total. The molecule has 2 saturated heterocycles. The van der Waals surface area contributed by atoms with E-state index in [2.05, 4.69) is 17.0 Å². The van der Waals surface area contributed by atoms with Crippen LogP contribution in [0.4, 0.5) is 0 Å². The molecule has 1 amide bonds. The minimum absolute atomic E-state index is 0.339. The van der Waals surface area contributed by atoms with Crippen molar-refractivity contribution in [2.75, 3.05) is 13.7 Å². The van der Waals surface area contributed by atoms with E-state index < -0.39 is 0 Å². The molecule has 0 saturated carbocycles. The fourth-order valence-electron chi connectivity index (χ4n) is 3.18. The fraction of sp³-hybridized carbons (Fsp3) is 0.500. The molecule has 2 aliphatic rings. The van der Waals surface area contributed by atoms with Gasteiger partial charge >= 0.3 is 0 Å². The number of ether oxygens (including phenoxy) is 1. The standard InChI is InChI=1S/C14H17NO2/c1-17-11-4-2-10(3-5-11)12-8-9-15-13(12)6-7-14(15)16/h2-5,12-13H,6-9H2,1H3/t12-,13-/m0/s1. The summed E-state index contributed by atoms with van der Waals surface area (Å²) in [5.41, 5.74) is 1.34. The van der Waals surface area contributed by atoms with E-state index in [1.807, 2.05) is 12.1 Å². The van der Waals surface area contributed by atoms with Gasteiger partial charge in [0.1, 0.15) is 5.75 Å². The smallest absolute Gasteiger partial charge is 0.222 e. The minimum atomic E-state index is 0.339. The van der Waals surface area contributed by atoms with Gasteiger partial charge in [0, 0.05) is 24.9 Å². The molecule has 2 fully saturated rings. The first-order valence-electron chi connectivity index (χ1n) is 6.23. The van der Waals surface area contributed by atoms with Gasteiger partial charge in [0.2, 0.25) is 5.91 Å². The van der Waals surface area contributed by atoms with Crippen LogP contribution in [0.25, 0.3) is 0 Å². The predicted octanol–water partition coefficient (Wildman–Crippen LogP) is 2.17. The molecule has 2 heterocycles. The molecule has 0 bridgehead atoms. The first kappa shape index (κ1) is 10.6. The third-order valence-electron chi connectivity index (χ3n) is 4.06. The SMILES string of the molecule is COc1ccc([C@@H]2CCN3C(=O)CC[C@@H]23)cc1. The number of carbonyl (C=O) groups is 1. The molecule has 90 valence electrons. The van der Waals surface area contributed by atoms with Gasteiger partial charge in [-0.2, -0.15) is 0 Å². The highest BCUT2D eigenvalue weighted by Gasteiger charge is 2.41. The van der Waals surface area contributed by atoms with Crippen LogP contribution in [0, 0.1) is 0 Å². The zero-order valence-electron chi connectivity index (χ0n) is 10.1. The largest absolute Gasteiger partial charge is 0.497 e. The maximum atomic E-state index is 11.6. The van der Waals surface area contributed by atoms with Gasteiger partial charge in [-0.1, -0.05) is 12.1 Å². The molecule has 0 spiro atoms. The third-order valence-corrected chi connectivity index (χ3v) is 4.06. The first-order valence-corrected chi connectivity index (χ1v) is 6.23. The summed E-state index contributed by atoms with van der Waals surface area (Å²) < 4.78 is 5.17. The number of fused-ring (bicyclic) bond motifs is 1. The second kappa shape index (κ2) is 4.06. The van der Waals surface area contributed by atoms with Crippen molar-refractivity contribution in [2.45, 2.75) is 31.2 Å². The lowest BCUT2D eigenvalue weighted by atomic mass is 9.90. The van der Waals surface area contributed by atoms with Gasteiger partial charge in [0.15, 0.2) is 0 Å². The molecule has 2 aliphatic heterocycles. The van der Waals surface area contributed by atoms with Crippen LogP contribution in [-0.2, 0) is 4.79 Å². The van der Waals surface area contributed by atoms with Crippen LogP contribution in [0.5, 0.6) is 5.75 Å². The van der Waals surface area contributed by atoms with E-state index in [9.17, 15) is 4.79 Å². The van der Waals surface area contributed by atoms with Crippen LogP contribution >= 0.6 is 0 Å². The molecule has 3 nitrogen and oxygen atoms in total. The molecule has 0 radical (unpaired) electrons. The van der Waals surface area contributed by atoms with Crippen LogP contribution in [0.3, 0.4) is 0 Å². The molecular weight excluding hydrogens is 214 g/mol. The molecule has 3 heteroatoms. The van der Waals surface area contributed by atoms with Crippen molar-refractivity contribution in [3.8, 4) is 5.75 Å². The van der Waals surface area contributed by atoms with Crippen molar-refractivity contribution >= 4 is 5.91 Å². The van der Waals surface area contributed by atoms with Gasteiger partial charge in [-0.25, -0.2) is 0 Å². The molecule has 0 aliphatic carbocycles. The summed E-state index contributed by atoms with van der Waals surface area (Å²) in [5.74, 6) is 1.75. The van der Waals surface area contributed by atoms with Crippen LogP contribution in [0.2, 0.25) is 0 Å². The fourth-order valence-corrected chi connectivity index (χ4v) is 3.18. The van der Waals surface area contributed by atoms with Crippen molar-refractivity contribution in [3.05, 3.63) is 29.8 Å². The lowest BCUT2D eigenvalue weighted by Crippen LogP contribution is -2.28. The average molecular weight is 231 g/mol. The number of rotatable bonds is 2. The van der Waals surface area contributed by atoms with Crippen molar-refractivity contribution in [1.29, 1.82) is 0 Å².